The third-order valence-electron chi connectivity index (χ3n) is 5.91. The van der Waals surface area contributed by atoms with Crippen LogP contribution in [0.1, 0.15) is 31.2 Å². The van der Waals surface area contributed by atoms with E-state index < -0.39 is 9.84 Å². The van der Waals surface area contributed by atoms with Gasteiger partial charge in [-0.25, -0.2) is 18.4 Å². The van der Waals surface area contributed by atoms with E-state index in [1.165, 1.54) is 11.8 Å². The van der Waals surface area contributed by atoms with Crippen molar-refractivity contribution in [3.63, 3.8) is 0 Å². The number of anilines is 1. The van der Waals surface area contributed by atoms with E-state index in [4.69, 9.17) is 0 Å². The zero-order chi connectivity index (χ0) is 18.3. The van der Waals surface area contributed by atoms with Crippen molar-refractivity contribution in [2.75, 3.05) is 24.7 Å². The molecule has 2 heterocycles. The maximum atomic E-state index is 11.6. The van der Waals surface area contributed by atoms with Crippen molar-refractivity contribution in [3.8, 4) is 0 Å². The lowest BCUT2D eigenvalue weighted by Crippen LogP contribution is -2.59. The van der Waals surface area contributed by atoms with E-state index in [0.29, 0.717) is 25.2 Å². The summed E-state index contributed by atoms with van der Waals surface area (Å²) in [5.74, 6) is 0.928. The minimum atomic E-state index is -2.88. The van der Waals surface area contributed by atoms with Crippen molar-refractivity contribution in [3.05, 3.63) is 30.1 Å². The summed E-state index contributed by atoms with van der Waals surface area (Å²) in [5.41, 5.74) is 2.16. The molecular formula is C19H26N4O2S. The molecule has 0 spiro atoms. The van der Waals surface area contributed by atoms with E-state index >= 15 is 0 Å². The molecule has 26 heavy (non-hydrogen) atoms. The number of fused-ring (bicyclic) bond motifs is 1. The Kier molecular flexibility index (Phi) is 4.61. The molecule has 1 aromatic carbocycles. The molecule has 1 saturated heterocycles. The fourth-order valence-electron chi connectivity index (χ4n) is 4.21. The fraction of sp³-hybridized carbons (Fsp3) is 0.579. The van der Waals surface area contributed by atoms with Crippen LogP contribution in [0.4, 0.5) is 5.82 Å². The highest BCUT2D eigenvalue weighted by Gasteiger charge is 2.39. The van der Waals surface area contributed by atoms with E-state index in [-0.39, 0.29) is 5.25 Å². The van der Waals surface area contributed by atoms with Crippen LogP contribution in [0, 0.1) is 6.92 Å². The average molecular weight is 375 g/mol. The highest BCUT2D eigenvalue weighted by Crippen LogP contribution is 2.31. The van der Waals surface area contributed by atoms with Crippen molar-refractivity contribution in [1.29, 1.82) is 0 Å². The fourth-order valence-corrected chi connectivity index (χ4v) is 5.13. The third-order valence-corrected chi connectivity index (χ3v) is 7.42. The van der Waals surface area contributed by atoms with Gasteiger partial charge in [0.1, 0.15) is 12.1 Å². The molecule has 1 saturated carbocycles. The van der Waals surface area contributed by atoms with Gasteiger partial charge in [-0.3, -0.25) is 4.90 Å². The van der Waals surface area contributed by atoms with Crippen molar-refractivity contribution in [2.45, 2.75) is 49.9 Å². The van der Waals surface area contributed by atoms with Crippen molar-refractivity contribution in [2.24, 2.45) is 0 Å². The van der Waals surface area contributed by atoms with Gasteiger partial charge in [-0.1, -0.05) is 12.1 Å². The molecule has 2 aromatic rings. The van der Waals surface area contributed by atoms with Gasteiger partial charge in [0, 0.05) is 36.8 Å². The molecule has 0 atom stereocenters. The zero-order valence-electron chi connectivity index (χ0n) is 15.4. The van der Waals surface area contributed by atoms with E-state index in [9.17, 15) is 8.42 Å². The first-order chi connectivity index (χ1) is 12.4. The summed E-state index contributed by atoms with van der Waals surface area (Å²) in [6.07, 6.45) is 7.36. The normalized spacial score (nSPS) is 25.2. The van der Waals surface area contributed by atoms with Crippen LogP contribution in [0.15, 0.2) is 24.5 Å². The van der Waals surface area contributed by atoms with Gasteiger partial charge in [0.25, 0.3) is 0 Å². The van der Waals surface area contributed by atoms with Crippen LogP contribution in [0.5, 0.6) is 0 Å². The molecule has 1 aliphatic carbocycles. The SMILES string of the molecule is Cc1cccc2ncnc(NC3CCC(N4CC(S(C)(=O)=O)C4)CC3)c12. The summed E-state index contributed by atoms with van der Waals surface area (Å²) in [5, 5.41) is 4.58. The minimum Gasteiger partial charge on any atom is -0.367 e. The second-order valence-corrected chi connectivity index (χ2v) is 10.1. The quantitative estimate of drug-likeness (QED) is 0.886. The van der Waals surface area contributed by atoms with Gasteiger partial charge in [-0.15, -0.1) is 0 Å². The Labute approximate surface area is 154 Å². The van der Waals surface area contributed by atoms with Crippen LogP contribution >= 0.6 is 0 Å². The highest BCUT2D eigenvalue weighted by atomic mass is 32.2. The van der Waals surface area contributed by atoms with Gasteiger partial charge in [-0.05, 0) is 44.2 Å². The summed E-state index contributed by atoms with van der Waals surface area (Å²) in [4.78, 5) is 11.2. The Balaban J connectivity index is 1.37. The predicted octanol–water partition coefficient (Wildman–Crippen LogP) is 2.39. The first-order valence-electron chi connectivity index (χ1n) is 9.31. The van der Waals surface area contributed by atoms with Crippen LogP contribution in [-0.4, -0.2) is 60.0 Å². The molecule has 6 nitrogen and oxygen atoms in total. The molecule has 2 aliphatic rings. The lowest BCUT2D eigenvalue weighted by Gasteiger charge is -2.45. The number of benzene rings is 1. The summed E-state index contributed by atoms with van der Waals surface area (Å²) >= 11 is 0. The smallest absolute Gasteiger partial charge is 0.152 e. The Bertz CT molecular complexity index is 896. The molecule has 1 aromatic heterocycles. The number of aryl methyl sites for hydroxylation is 1. The number of aromatic nitrogens is 2. The van der Waals surface area contributed by atoms with Gasteiger partial charge in [-0.2, -0.15) is 0 Å². The molecule has 2 fully saturated rings. The van der Waals surface area contributed by atoms with Gasteiger partial charge in [0.2, 0.25) is 0 Å². The van der Waals surface area contributed by atoms with E-state index in [1.54, 1.807) is 6.33 Å². The highest BCUT2D eigenvalue weighted by molar-refractivity contribution is 7.91. The lowest BCUT2D eigenvalue weighted by molar-refractivity contribution is 0.0922. The predicted molar refractivity (Wildman–Crippen MR) is 104 cm³/mol. The second kappa shape index (κ2) is 6.78. The zero-order valence-corrected chi connectivity index (χ0v) is 16.2. The average Bonchev–Trinajstić information content (AvgIpc) is 2.54. The van der Waals surface area contributed by atoms with E-state index in [0.717, 1.165) is 42.4 Å². The first kappa shape index (κ1) is 17.7. The monoisotopic (exact) mass is 374 g/mol. The van der Waals surface area contributed by atoms with E-state index in [1.807, 2.05) is 12.1 Å². The molecule has 1 N–H and O–H groups in total. The molecule has 4 rings (SSSR count). The minimum absolute atomic E-state index is 0.159. The third kappa shape index (κ3) is 3.42. The lowest BCUT2D eigenvalue weighted by atomic mass is 9.88. The van der Waals surface area contributed by atoms with Crippen LogP contribution in [-0.2, 0) is 9.84 Å². The summed E-state index contributed by atoms with van der Waals surface area (Å²) in [6, 6.07) is 7.08. The standard InChI is InChI=1S/C19H26N4O2S/c1-13-4-3-5-17-18(13)19(21-12-20-17)22-14-6-8-15(9-7-14)23-10-16(11-23)26(2,24)25/h3-5,12,14-16H,6-11H2,1-2H3,(H,20,21,22). The Morgan fingerprint density at radius 2 is 1.85 bits per heavy atom. The van der Waals surface area contributed by atoms with Gasteiger partial charge >= 0.3 is 0 Å². The van der Waals surface area contributed by atoms with Crippen molar-refractivity contribution in [1.82, 2.24) is 14.9 Å². The largest absolute Gasteiger partial charge is 0.367 e. The van der Waals surface area contributed by atoms with Crippen LogP contribution in [0.3, 0.4) is 0 Å². The first-order valence-corrected chi connectivity index (χ1v) is 11.3. The number of hydrogen-bond acceptors (Lipinski definition) is 6. The van der Waals surface area contributed by atoms with Crippen LogP contribution in [0.25, 0.3) is 10.9 Å². The number of nitrogens with one attached hydrogen (secondary N) is 1. The number of nitrogens with zero attached hydrogens (tertiary/aromatic N) is 3. The molecule has 0 unspecified atom stereocenters. The van der Waals surface area contributed by atoms with Crippen molar-refractivity contribution >= 4 is 26.6 Å². The van der Waals surface area contributed by atoms with Gasteiger partial charge in [0.05, 0.1) is 10.8 Å². The topological polar surface area (TPSA) is 75.2 Å². The second-order valence-electron chi connectivity index (χ2n) is 7.75. The Morgan fingerprint density at radius 1 is 1.12 bits per heavy atom. The summed E-state index contributed by atoms with van der Waals surface area (Å²) in [6.45, 7) is 3.50. The van der Waals surface area contributed by atoms with Gasteiger partial charge in [0.15, 0.2) is 9.84 Å². The van der Waals surface area contributed by atoms with Crippen LogP contribution < -0.4 is 5.32 Å². The number of rotatable bonds is 4. The molecule has 0 radical (unpaired) electrons. The maximum Gasteiger partial charge on any atom is 0.152 e. The number of hydrogen-bond donors (Lipinski definition) is 1. The molecule has 0 amide bonds. The summed E-state index contributed by atoms with van der Waals surface area (Å²) < 4.78 is 23.2. The molecule has 7 heteroatoms. The van der Waals surface area contributed by atoms with Crippen LogP contribution in [0.2, 0.25) is 0 Å². The molecule has 140 valence electrons. The molecular weight excluding hydrogens is 348 g/mol. The van der Waals surface area contributed by atoms with Gasteiger partial charge < -0.3 is 5.32 Å². The molecule has 1 aliphatic heterocycles. The number of sulfone groups is 1. The van der Waals surface area contributed by atoms with E-state index in [2.05, 4.69) is 33.2 Å². The summed E-state index contributed by atoms with van der Waals surface area (Å²) in [7, 11) is -2.88. The Morgan fingerprint density at radius 3 is 2.54 bits per heavy atom. The molecule has 0 bridgehead atoms. The Hall–Kier alpha value is -1.73. The number of likely N-dealkylation sites (tertiary alicyclic amines) is 1. The van der Waals surface area contributed by atoms with Crippen molar-refractivity contribution < 1.29 is 8.42 Å². The maximum absolute atomic E-state index is 11.6.